The second-order valence-electron chi connectivity index (χ2n) is 11.4. The lowest BCUT2D eigenvalue weighted by atomic mass is 9.57. The Morgan fingerprint density at radius 2 is 1.97 bits per heavy atom. The number of carbonyl (C=O) groups excluding carboxylic acids is 1. The first-order valence-corrected chi connectivity index (χ1v) is 13.4. The number of aliphatic hydroxyl groups is 4. The molecule has 5 heterocycles. The lowest BCUT2D eigenvalue weighted by Crippen LogP contribution is -2.73. The molecule has 7 rings (SSSR count). The molecule has 5 fully saturated rings. The summed E-state index contributed by atoms with van der Waals surface area (Å²) in [6.07, 6.45) is -6.67. The van der Waals surface area contributed by atoms with Crippen LogP contribution in [-0.2, 0) is 34.1 Å². The number of benzene rings is 1. The molecule has 0 bridgehead atoms. The van der Waals surface area contributed by atoms with Crippen LogP contribution >= 0.6 is 0 Å². The molecule has 212 valence electrons. The zero-order chi connectivity index (χ0) is 27.3. The second kappa shape index (κ2) is 8.68. The third kappa shape index (κ3) is 2.86. The predicted octanol–water partition coefficient (Wildman–Crippen LogP) is -1.08. The number of hydrogen-bond acceptors (Lipinski definition) is 12. The lowest BCUT2D eigenvalue weighted by molar-refractivity contribution is -0.384. The van der Waals surface area contributed by atoms with Crippen molar-refractivity contribution in [2.24, 2.45) is 17.3 Å². The fourth-order valence-electron chi connectivity index (χ4n) is 8.60. The maximum Gasteiger partial charge on any atom is 0.319 e. The van der Waals surface area contributed by atoms with E-state index in [0.29, 0.717) is 19.4 Å². The Kier molecular flexibility index (Phi) is 5.75. The maximum absolute atomic E-state index is 14.0. The van der Waals surface area contributed by atoms with E-state index in [9.17, 15) is 25.2 Å². The van der Waals surface area contributed by atoms with E-state index in [2.05, 4.69) is 17.2 Å². The van der Waals surface area contributed by atoms with E-state index in [1.807, 2.05) is 24.3 Å². The van der Waals surface area contributed by atoms with Crippen molar-refractivity contribution in [1.29, 1.82) is 0 Å². The summed E-state index contributed by atoms with van der Waals surface area (Å²) >= 11 is 0. The molecule has 6 N–H and O–H groups in total. The zero-order valence-electron chi connectivity index (χ0n) is 21.4. The first kappa shape index (κ1) is 25.8. The first-order valence-electron chi connectivity index (χ1n) is 13.4. The van der Waals surface area contributed by atoms with Gasteiger partial charge in [0.1, 0.15) is 41.0 Å². The highest BCUT2D eigenvalue weighted by Crippen LogP contribution is 2.75. The number of esters is 1. The first-order chi connectivity index (χ1) is 18.8. The third-order valence-corrected chi connectivity index (χ3v) is 10.1. The van der Waals surface area contributed by atoms with Crippen LogP contribution in [-0.4, -0.2) is 102 Å². The van der Waals surface area contributed by atoms with Gasteiger partial charge in [-0.3, -0.25) is 4.79 Å². The standard InChI is InChI=1S/C27H34N2O10/c1-3-12-14-10-17-27-25(8-9-28-17,13-6-4-5-7-15(13)29-27)39-24(26(14,27)23(34)35-2)38-21(12)37-22-20(33)19(32)18(31)16(11-30)36-22/h3-7,12,14,16-22,24,28-33H,1,8-11H2,2H3/t12-,14+,16-,17+,18-,19+,20-,21-,22+,24+,25-,26-,27+/m1/s1. The van der Waals surface area contributed by atoms with E-state index in [-0.39, 0.29) is 6.04 Å². The Bertz CT molecular complexity index is 1180. The average molecular weight is 547 g/mol. The zero-order valence-corrected chi connectivity index (χ0v) is 21.4. The van der Waals surface area contributed by atoms with Gasteiger partial charge < -0.3 is 54.7 Å². The third-order valence-electron chi connectivity index (χ3n) is 10.1. The number of para-hydroxylation sites is 1. The van der Waals surface area contributed by atoms with Crippen LogP contribution in [0.1, 0.15) is 18.4 Å². The summed E-state index contributed by atoms with van der Waals surface area (Å²) in [5.41, 5.74) is -1.19. The molecule has 12 nitrogen and oxygen atoms in total. The topological polar surface area (TPSA) is 168 Å². The molecule has 0 radical (unpaired) electrons. The van der Waals surface area contributed by atoms with Crippen molar-refractivity contribution in [3.8, 4) is 0 Å². The van der Waals surface area contributed by atoms with Gasteiger partial charge in [0.25, 0.3) is 0 Å². The van der Waals surface area contributed by atoms with Crippen molar-refractivity contribution in [2.75, 3.05) is 25.6 Å². The van der Waals surface area contributed by atoms with Crippen LogP contribution in [0.3, 0.4) is 0 Å². The minimum Gasteiger partial charge on any atom is -0.468 e. The molecule has 0 unspecified atom stereocenters. The molecule has 1 aromatic rings. The summed E-state index contributed by atoms with van der Waals surface area (Å²) in [4.78, 5) is 14.0. The highest BCUT2D eigenvalue weighted by Gasteiger charge is 2.89. The quantitative estimate of drug-likeness (QED) is 0.196. The van der Waals surface area contributed by atoms with E-state index in [0.717, 1.165) is 11.3 Å². The Hall–Kier alpha value is -2.13. The molecule has 12 heteroatoms. The molecule has 1 spiro atoms. The van der Waals surface area contributed by atoms with Crippen molar-refractivity contribution in [1.82, 2.24) is 5.32 Å². The van der Waals surface area contributed by atoms with Crippen LogP contribution in [0.25, 0.3) is 0 Å². The molecule has 5 aliphatic heterocycles. The smallest absolute Gasteiger partial charge is 0.319 e. The van der Waals surface area contributed by atoms with Gasteiger partial charge in [0.05, 0.1) is 13.7 Å². The highest BCUT2D eigenvalue weighted by atomic mass is 16.8. The molecule has 1 saturated carbocycles. The Morgan fingerprint density at radius 3 is 2.72 bits per heavy atom. The van der Waals surface area contributed by atoms with Gasteiger partial charge in [-0.05, 0) is 31.4 Å². The van der Waals surface area contributed by atoms with Gasteiger partial charge in [0, 0.05) is 23.2 Å². The molecule has 4 saturated heterocycles. The van der Waals surface area contributed by atoms with E-state index in [4.69, 9.17) is 23.7 Å². The van der Waals surface area contributed by atoms with Crippen LogP contribution in [0.4, 0.5) is 5.69 Å². The number of piperidine rings is 1. The molecular formula is C27H34N2O10. The molecule has 0 aromatic heterocycles. The monoisotopic (exact) mass is 546 g/mol. The summed E-state index contributed by atoms with van der Waals surface area (Å²) in [5, 5.41) is 48.1. The number of nitrogens with one attached hydrogen (secondary N) is 2. The summed E-state index contributed by atoms with van der Waals surface area (Å²) in [5.74, 6) is -1.43. The van der Waals surface area contributed by atoms with Crippen molar-refractivity contribution < 1.29 is 48.9 Å². The minimum atomic E-state index is -1.61. The van der Waals surface area contributed by atoms with Crippen LogP contribution in [0.15, 0.2) is 36.9 Å². The van der Waals surface area contributed by atoms with Crippen LogP contribution < -0.4 is 10.6 Å². The number of rotatable bonds is 5. The van der Waals surface area contributed by atoms with Gasteiger partial charge in [-0.1, -0.05) is 24.3 Å². The molecule has 6 aliphatic rings. The summed E-state index contributed by atoms with van der Waals surface area (Å²) < 4.78 is 30.5. The van der Waals surface area contributed by atoms with Crippen LogP contribution in [0.5, 0.6) is 0 Å². The fraction of sp³-hybridized carbons (Fsp3) is 0.667. The Labute approximate surface area is 224 Å². The minimum absolute atomic E-state index is 0.176. The van der Waals surface area contributed by atoms with Gasteiger partial charge >= 0.3 is 5.97 Å². The Balaban J connectivity index is 1.32. The number of hydrogen-bond donors (Lipinski definition) is 6. The number of aliphatic hydroxyl groups excluding tert-OH is 4. The number of fused-ring (bicyclic) bond motifs is 1. The van der Waals surface area contributed by atoms with E-state index >= 15 is 0 Å². The van der Waals surface area contributed by atoms with Crippen molar-refractivity contribution in [3.05, 3.63) is 42.5 Å². The van der Waals surface area contributed by atoms with Crippen molar-refractivity contribution in [2.45, 2.75) is 73.3 Å². The van der Waals surface area contributed by atoms with Crippen LogP contribution in [0, 0.1) is 17.3 Å². The molecule has 13 atom stereocenters. The second-order valence-corrected chi connectivity index (χ2v) is 11.4. The number of anilines is 1. The summed E-state index contributed by atoms with van der Waals surface area (Å²) in [6.45, 7) is 4.12. The van der Waals surface area contributed by atoms with E-state index < -0.39 is 84.3 Å². The Morgan fingerprint density at radius 1 is 1.18 bits per heavy atom. The largest absolute Gasteiger partial charge is 0.468 e. The van der Waals surface area contributed by atoms with Crippen molar-refractivity contribution >= 4 is 11.7 Å². The fourth-order valence-corrected chi connectivity index (χ4v) is 8.60. The molecule has 1 aliphatic carbocycles. The number of carbonyl (C=O) groups is 1. The molecule has 1 aromatic carbocycles. The summed E-state index contributed by atoms with van der Waals surface area (Å²) in [6, 6.07) is 7.72. The van der Waals surface area contributed by atoms with E-state index in [1.165, 1.54) is 7.11 Å². The molecule has 39 heavy (non-hydrogen) atoms. The van der Waals surface area contributed by atoms with E-state index in [1.54, 1.807) is 6.08 Å². The average Bonchev–Trinajstić information content (AvgIpc) is 3.51. The van der Waals surface area contributed by atoms with Gasteiger partial charge in [-0.2, -0.15) is 0 Å². The molecule has 0 amide bonds. The molecular weight excluding hydrogens is 512 g/mol. The van der Waals surface area contributed by atoms with Gasteiger partial charge in [-0.15, -0.1) is 6.58 Å². The predicted molar refractivity (Wildman–Crippen MR) is 132 cm³/mol. The lowest BCUT2D eigenvalue weighted by Gasteiger charge is -2.52. The van der Waals surface area contributed by atoms with Crippen molar-refractivity contribution in [3.63, 3.8) is 0 Å². The maximum atomic E-state index is 14.0. The van der Waals surface area contributed by atoms with Gasteiger partial charge in [-0.25, -0.2) is 0 Å². The highest BCUT2D eigenvalue weighted by molar-refractivity contribution is 5.86. The van der Waals surface area contributed by atoms with Gasteiger partial charge in [0.15, 0.2) is 18.9 Å². The van der Waals surface area contributed by atoms with Gasteiger partial charge in [0.2, 0.25) is 0 Å². The normalized spacial score (nSPS) is 50.9. The summed E-state index contributed by atoms with van der Waals surface area (Å²) in [7, 11) is 1.36. The number of ether oxygens (including phenoxy) is 5. The van der Waals surface area contributed by atoms with Crippen LogP contribution in [0.2, 0.25) is 0 Å². The number of methoxy groups -OCH3 is 1. The SMILES string of the molecule is C=C[C@H]1[C@H](O[C@@H]2O[C@H](CO)[C@@H](O)[C@H](O)[C@H]2O)O[C@H]2O[C@@]34CCN[C@H]5C[C@@H]1[C@]2(C(=O)OC)[C@]53Nc1ccccc14.